The molecule has 5 aromatic rings. The van der Waals surface area contributed by atoms with E-state index < -0.39 is 5.91 Å². The van der Waals surface area contributed by atoms with E-state index in [0.717, 1.165) is 11.3 Å². The lowest BCUT2D eigenvalue weighted by molar-refractivity contribution is -0.121. The van der Waals surface area contributed by atoms with Crippen LogP contribution in [0.2, 0.25) is 0 Å². The van der Waals surface area contributed by atoms with Crippen LogP contribution in [0, 0.1) is 13.8 Å². The van der Waals surface area contributed by atoms with Crippen molar-refractivity contribution >= 4 is 23.2 Å². The number of carbonyl (C=O) groups excluding carboxylic acids is 1. The van der Waals surface area contributed by atoms with Crippen molar-refractivity contribution in [3.63, 3.8) is 0 Å². The van der Waals surface area contributed by atoms with E-state index in [4.69, 9.17) is 4.74 Å². The molecule has 0 unspecified atom stereocenters. The molecule has 0 atom stereocenters. The molecule has 0 saturated heterocycles. The SMILES string of the molecule is Cc1ccc(-n2cc(COc3ccc(/C=N/NC(=O)Cn4c(=O)c(C)nc5ccccc54)cc3)nn2)cc1. The number of hydrazone groups is 1. The summed E-state index contributed by atoms with van der Waals surface area (Å²) in [4.78, 5) is 29.3. The van der Waals surface area contributed by atoms with Crippen LogP contribution in [0.4, 0.5) is 0 Å². The first-order chi connectivity index (χ1) is 18.5. The van der Waals surface area contributed by atoms with E-state index in [1.807, 2.05) is 55.6 Å². The number of hydrogen-bond donors (Lipinski definition) is 1. The van der Waals surface area contributed by atoms with Gasteiger partial charge in [-0.1, -0.05) is 35.0 Å². The fraction of sp³-hybridized carbons (Fsp3) is 0.143. The van der Waals surface area contributed by atoms with E-state index in [1.165, 1.54) is 16.3 Å². The van der Waals surface area contributed by atoms with Crippen LogP contribution in [0.3, 0.4) is 0 Å². The molecule has 190 valence electrons. The maximum atomic E-state index is 12.5. The number of aromatic nitrogens is 5. The largest absolute Gasteiger partial charge is 0.487 e. The Morgan fingerprint density at radius 2 is 1.79 bits per heavy atom. The Balaban J connectivity index is 1.15. The highest BCUT2D eigenvalue weighted by molar-refractivity contribution is 5.83. The zero-order valence-electron chi connectivity index (χ0n) is 20.9. The number of hydrogen-bond acceptors (Lipinski definition) is 7. The molecule has 0 aliphatic heterocycles. The molecule has 5 rings (SSSR count). The molecule has 0 saturated carbocycles. The van der Waals surface area contributed by atoms with Crippen LogP contribution in [-0.2, 0) is 17.9 Å². The van der Waals surface area contributed by atoms with Gasteiger partial charge in [-0.15, -0.1) is 5.10 Å². The monoisotopic (exact) mass is 507 g/mol. The van der Waals surface area contributed by atoms with Crippen LogP contribution < -0.4 is 15.7 Å². The van der Waals surface area contributed by atoms with Gasteiger partial charge in [0.2, 0.25) is 0 Å². The van der Waals surface area contributed by atoms with E-state index in [-0.39, 0.29) is 18.7 Å². The van der Waals surface area contributed by atoms with Crippen molar-refractivity contribution in [3.8, 4) is 11.4 Å². The molecule has 0 fully saturated rings. The molecule has 0 radical (unpaired) electrons. The number of aryl methyl sites for hydroxylation is 2. The van der Waals surface area contributed by atoms with Crippen LogP contribution >= 0.6 is 0 Å². The van der Waals surface area contributed by atoms with E-state index in [1.54, 1.807) is 41.9 Å². The molecule has 10 nitrogen and oxygen atoms in total. The fourth-order valence-electron chi connectivity index (χ4n) is 3.83. The molecule has 10 heteroatoms. The summed E-state index contributed by atoms with van der Waals surface area (Å²) in [5.41, 5.74) is 7.32. The third kappa shape index (κ3) is 5.65. The Kier molecular flexibility index (Phi) is 7.03. The number of nitrogens with zero attached hydrogens (tertiary/aromatic N) is 6. The summed E-state index contributed by atoms with van der Waals surface area (Å²) in [6.07, 6.45) is 3.35. The number of rotatable bonds is 8. The number of ether oxygens (including phenoxy) is 1. The van der Waals surface area contributed by atoms with Crippen molar-refractivity contribution in [1.82, 2.24) is 30.0 Å². The van der Waals surface area contributed by atoms with Crippen molar-refractivity contribution in [2.24, 2.45) is 5.10 Å². The van der Waals surface area contributed by atoms with Crippen molar-refractivity contribution in [2.45, 2.75) is 27.0 Å². The highest BCUT2D eigenvalue weighted by Crippen LogP contribution is 2.14. The van der Waals surface area contributed by atoms with Crippen molar-refractivity contribution in [1.29, 1.82) is 0 Å². The van der Waals surface area contributed by atoms with Gasteiger partial charge in [-0.25, -0.2) is 15.1 Å². The van der Waals surface area contributed by atoms with Gasteiger partial charge in [0, 0.05) is 0 Å². The Bertz CT molecular complexity index is 1670. The van der Waals surface area contributed by atoms with Gasteiger partial charge in [-0.05, 0) is 67.9 Å². The summed E-state index contributed by atoms with van der Waals surface area (Å²) < 4.78 is 8.92. The predicted molar refractivity (Wildman–Crippen MR) is 143 cm³/mol. The van der Waals surface area contributed by atoms with Crippen LogP contribution in [-0.4, -0.2) is 36.7 Å². The van der Waals surface area contributed by atoms with Crippen molar-refractivity contribution < 1.29 is 9.53 Å². The Hall–Kier alpha value is -5.12. The normalized spacial score (nSPS) is 11.2. The highest BCUT2D eigenvalue weighted by atomic mass is 16.5. The molecule has 1 amide bonds. The summed E-state index contributed by atoms with van der Waals surface area (Å²) in [5.74, 6) is 0.244. The topological polar surface area (TPSA) is 116 Å². The number of amides is 1. The molecule has 0 aliphatic carbocycles. The third-order valence-electron chi connectivity index (χ3n) is 5.83. The smallest absolute Gasteiger partial charge is 0.272 e. The second kappa shape index (κ2) is 10.9. The average Bonchev–Trinajstić information content (AvgIpc) is 3.40. The van der Waals surface area contributed by atoms with Crippen LogP contribution in [0.5, 0.6) is 5.75 Å². The van der Waals surface area contributed by atoms with Gasteiger partial charge in [-0.2, -0.15) is 5.10 Å². The first kappa shape index (κ1) is 24.6. The number of fused-ring (bicyclic) bond motifs is 1. The van der Waals surface area contributed by atoms with E-state index >= 15 is 0 Å². The van der Waals surface area contributed by atoms with E-state index in [2.05, 4.69) is 25.8 Å². The summed E-state index contributed by atoms with van der Waals surface area (Å²) >= 11 is 0. The molecule has 1 N–H and O–H groups in total. The van der Waals surface area contributed by atoms with Gasteiger partial charge in [0.25, 0.3) is 11.5 Å². The quantitative estimate of drug-likeness (QED) is 0.254. The summed E-state index contributed by atoms with van der Waals surface area (Å²) in [5, 5.41) is 12.3. The minimum Gasteiger partial charge on any atom is -0.487 e. The molecule has 2 aromatic heterocycles. The Morgan fingerprint density at radius 1 is 1.03 bits per heavy atom. The van der Waals surface area contributed by atoms with E-state index in [0.29, 0.717) is 28.2 Å². The van der Waals surface area contributed by atoms with Crippen molar-refractivity contribution in [2.75, 3.05) is 0 Å². The fourth-order valence-corrected chi connectivity index (χ4v) is 3.83. The molecule has 0 spiro atoms. The molecule has 2 heterocycles. The first-order valence-corrected chi connectivity index (χ1v) is 12.0. The Morgan fingerprint density at radius 3 is 2.58 bits per heavy atom. The average molecular weight is 508 g/mol. The lowest BCUT2D eigenvalue weighted by Crippen LogP contribution is -2.31. The van der Waals surface area contributed by atoms with Gasteiger partial charge in [0.15, 0.2) is 0 Å². The standard InChI is InChI=1S/C28H25N7O3/c1-19-7-11-23(12-8-19)35-16-22(31-33-35)18-38-24-13-9-21(10-14-24)15-29-32-27(36)17-34-26-6-4-3-5-25(26)30-20(2)28(34)37/h3-16H,17-18H2,1-2H3,(H,32,36)/b29-15+. The van der Waals surface area contributed by atoms with Gasteiger partial charge in [-0.3, -0.25) is 14.2 Å². The van der Waals surface area contributed by atoms with Gasteiger partial charge in [0.05, 0.1) is 29.1 Å². The summed E-state index contributed by atoms with van der Waals surface area (Å²) in [6, 6.07) is 22.5. The number of para-hydroxylation sites is 2. The molecule has 0 aliphatic rings. The third-order valence-corrected chi connectivity index (χ3v) is 5.83. The zero-order chi connectivity index (χ0) is 26.5. The van der Waals surface area contributed by atoms with Crippen LogP contribution in [0.1, 0.15) is 22.5 Å². The molecule has 38 heavy (non-hydrogen) atoms. The number of benzene rings is 3. The first-order valence-electron chi connectivity index (χ1n) is 12.0. The highest BCUT2D eigenvalue weighted by Gasteiger charge is 2.11. The zero-order valence-corrected chi connectivity index (χ0v) is 20.9. The van der Waals surface area contributed by atoms with Gasteiger partial charge >= 0.3 is 0 Å². The maximum Gasteiger partial charge on any atom is 0.272 e. The lowest BCUT2D eigenvalue weighted by atomic mass is 10.2. The Labute approximate surface area is 218 Å². The van der Waals surface area contributed by atoms with E-state index in [9.17, 15) is 9.59 Å². The molecule has 0 bridgehead atoms. The summed E-state index contributed by atoms with van der Waals surface area (Å²) in [6.45, 7) is 3.77. The minimum atomic E-state index is -0.419. The van der Waals surface area contributed by atoms with Crippen LogP contribution in [0.25, 0.3) is 16.7 Å². The van der Waals surface area contributed by atoms with Gasteiger partial charge < -0.3 is 4.74 Å². The van der Waals surface area contributed by atoms with Gasteiger partial charge in [0.1, 0.15) is 30.3 Å². The lowest BCUT2D eigenvalue weighted by Gasteiger charge is -2.09. The predicted octanol–water partition coefficient (Wildman–Crippen LogP) is 3.32. The number of carbonyl (C=O) groups is 1. The molecular weight excluding hydrogens is 482 g/mol. The number of nitrogens with one attached hydrogen (secondary N) is 1. The van der Waals surface area contributed by atoms with Crippen LogP contribution in [0.15, 0.2) is 88.9 Å². The minimum absolute atomic E-state index is 0.165. The summed E-state index contributed by atoms with van der Waals surface area (Å²) in [7, 11) is 0. The second-order valence-electron chi connectivity index (χ2n) is 8.72. The molecule has 3 aromatic carbocycles. The van der Waals surface area contributed by atoms with Crippen molar-refractivity contribution in [3.05, 3.63) is 112 Å². The second-order valence-corrected chi connectivity index (χ2v) is 8.72. The maximum absolute atomic E-state index is 12.5. The molecular formula is C28H25N7O3.